The number of anilines is 1. The summed E-state index contributed by atoms with van der Waals surface area (Å²) in [5.74, 6) is -1.31. The van der Waals surface area contributed by atoms with Gasteiger partial charge in [-0.15, -0.1) is 0 Å². The van der Waals surface area contributed by atoms with E-state index in [-0.39, 0.29) is 54.6 Å². The summed E-state index contributed by atoms with van der Waals surface area (Å²) >= 11 is 0. The molecule has 3 aliphatic rings. The number of imide groups is 1. The number of fused-ring (bicyclic) bond motifs is 2. The topological polar surface area (TPSA) is 269 Å². The van der Waals surface area contributed by atoms with Crippen LogP contribution in [0.4, 0.5) is 15.4 Å². The lowest BCUT2D eigenvalue weighted by Gasteiger charge is -2.40. The van der Waals surface area contributed by atoms with Crippen molar-refractivity contribution in [1.82, 2.24) is 39.3 Å². The van der Waals surface area contributed by atoms with E-state index in [1.807, 2.05) is 79.1 Å². The molecule has 2 amide bonds. The molecular weight excluding hydrogens is 1320 g/mol. The van der Waals surface area contributed by atoms with Crippen LogP contribution in [0.2, 0.25) is 36.3 Å². The maximum Gasteiger partial charge on any atom is 0.420 e. The molecule has 6 heterocycles. The number of H-pyrrole nitrogens is 1. The van der Waals surface area contributed by atoms with Gasteiger partial charge in [0, 0.05) is 24.7 Å². The summed E-state index contributed by atoms with van der Waals surface area (Å²) in [6.45, 7) is 40.9. The van der Waals surface area contributed by atoms with Crippen LogP contribution in [0.5, 0.6) is 5.75 Å². The Balaban J connectivity index is 1.07. The molecule has 0 saturated carbocycles. The number of hydrogen-bond acceptors (Lipinski definition) is 20. The van der Waals surface area contributed by atoms with Gasteiger partial charge in [-0.3, -0.25) is 18.9 Å². The standard InChI is InChI=1S/C75H109N9O15Si2/c1-69(2,3)96-65(86)53(84(67(88)97-70(4,5)6)68(89)98-71(7,8)9)38-33-47(41-76-42-48-43-82(66(87)80-63(48)85)57-40-54(99-101(21,22)73(13,14)15)56(92-57)44-91-100(19,20)72(10,11)12)39-55-59-60(95-74(16,17)94-59)64(93-55)83-46-79-58-61(77-45-78-62(58)83)81-75(49-29-25-23-26-30-49,50-31-27-24-28-32-50)51-34-36-52(90-18)37-35-51/h23-32,34-37,43,45-47,53-57,59-60,64,76H,33,38-42,44H2,1-22H3,(H,77,78,81)(H,80,85,87)/t47?,53?,54-,55+,56+,57+,59+,60+,64+/m0/s1. The minimum Gasteiger partial charge on any atom is -0.497 e. The first-order valence-corrected chi connectivity index (χ1v) is 40.9. The van der Waals surface area contributed by atoms with Crippen molar-refractivity contribution >= 4 is 51.8 Å². The molecule has 0 spiro atoms. The Morgan fingerprint density at radius 2 is 1.26 bits per heavy atom. The van der Waals surface area contributed by atoms with E-state index in [2.05, 4.69) is 108 Å². The smallest absolute Gasteiger partial charge is 0.420 e. The molecule has 9 atom stereocenters. The molecule has 3 aliphatic heterocycles. The lowest BCUT2D eigenvalue weighted by Crippen LogP contribution is -2.53. The summed E-state index contributed by atoms with van der Waals surface area (Å²) in [6.07, 6.45) is -1.64. The average Bonchev–Trinajstić information content (AvgIpc) is 1.59. The summed E-state index contributed by atoms with van der Waals surface area (Å²) < 4.78 is 67.9. The Morgan fingerprint density at radius 1 is 0.693 bits per heavy atom. The van der Waals surface area contributed by atoms with E-state index in [1.54, 1.807) is 75.8 Å². The summed E-state index contributed by atoms with van der Waals surface area (Å²) in [7, 11) is -2.99. The van der Waals surface area contributed by atoms with E-state index in [0.29, 0.717) is 34.1 Å². The van der Waals surface area contributed by atoms with E-state index in [9.17, 15) is 24.0 Å². The van der Waals surface area contributed by atoms with Crippen LogP contribution in [-0.2, 0) is 58.9 Å². The van der Waals surface area contributed by atoms with Crippen LogP contribution in [0.15, 0.2) is 113 Å². The molecule has 24 nitrogen and oxygen atoms in total. The highest BCUT2D eigenvalue weighted by Gasteiger charge is 2.57. The highest BCUT2D eigenvalue weighted by Crippen LogP contribution is 2.48. The fourth-order valence-electron chi connectivity index (χ4n) is 12.5. The number of nitrogens with zero attached hydrogens (tertiary/aromatic N) is 6. The highest BCUT2D eigenvalue weighted by molar-refractivity contribution is 6.74. The fourth-order valence-corrected chi connectivity index (χ4v) is 14.9. The van der Waals surface area contributed by atoms with Gasteiger partial charge in [0.2, 0.25) is 0 Å². The first-order valence-electron chi connectivity index (χ1n) is 35.1. The second kappa shape index (κ2) is 29.9. The van der Waals surface area contributed by atoms with Gasteiger partial charge < -0.3 is 57.4 Å². The summed E-state index contributed by atoms with van der Waals surface area (Å²) in [5.41, 5.74) is -1.57. The van der Waals surface area contributed by atoms with Crippen molar-refractivity contribution in [2.45, 2.75) is 263 Å². The summed E-state index contributed by atoms with van der Waals surface area (Å²) in [4.78, 5) is 89.7. The van der Waals surface area contributed by atoms with E-state index in [1.165, 1.54) is 17.1 Å². The van der Waals surface area contributed by atoms with Crippen molar-refractivity contribution in [3.63, 3.8) is 0 Å². The maximum absolute atomic E-state index is 14.7. The van der Waals surface area contributed by atoms with Crippen molar-refractivity contribution in [2.75, 3.05) is 25.6 Å². The molecule has 26 heteroatoms. The SMILES string of the molecule is COc1ccc(C(Nc2ncnc3c2ncn3[C@@H]2O[C@H](CC(CCC(C(=O)OC(C)(C)C)N(C(=O)OC(C)(C)C)C(=O)OC(C)(C)C)CNCc3cn([C@H]4C[C@H](O[Si](C)(C)C(C)(C)C)[C@@H](CO[Si](C)(C)C(C)(C)C)O4)c(=O)[nH]c3=O)[C@H]3OC(C)(C)O[C@H]32)(c2ccccc2)c2ccccc2)cc1. The molecule has 9 rings (SSSR count). The highest BCUT2D eigenvalue weighted by atomic mass is 28.4. The first kappa shape index (κ1) is 78.0. The number of amides is 2. The third-order valence-electron chi connectivity index (χ3n) is 19.5. The number of methoxy groups -OCH3 is 1. The third-order valence-corrected chi connectivity index (χ3v) is 28.5. The average molecular weight is 1430 g/mol. The van der Waals surface area contributed by atoms with Gasteiger partial charge in [0.15, 0.2) is 45.6 Å². The van der Waals surface area contributed by atoms with Crippen LogP contribution in [0.3, 0.4) is 0 Å². The zero-order valence-electron chi connectivity index (χ0n) is 63.3. The largest absolute Gasteiger partial charge is 0.497 e. The summed E-state index contributed by atoms with van der Waals surface area (Å²) in [5, 5.41) is 7.19. The van der Waals surface area contributed by atoms with Gasteiger partial charge in [0.1, 0.15) is 65.0 Å². The van der Waals surface area contributed by atoms with E-state index in [4.69, 9.17) is 61.7 Å². The van der Waals surface area contributed by atoms with Gasteiger partial charge in [0.25, 0.3) is 5.56 Å². The van der Waals surface area contributed by atoms with Gasteiger partial charge in [-0.05, 0) is 173 Å². The van der Waals surface area contributed by atoms with E-state index >= 15 is 0 Å². The molecule has 6 aromatic rings. The minimum absolute atomic E-state index is 0.0314. The fraction of sp³-hybridized carbons (Fsp3) is 0.600. The van der Waals surface area contributed by atoms with E-state index < -0.39 is 129 Å². The lowest BCUT2D eigenvalue weighted by molar-refractivity contribution is -0.198. The third kappa shape index (κ3) is 18.4. The number of rotatable bonds is 24. The Morgan fingerprint density at radius 3 is 1.81 bits per heavy atom. The van der Waals surface area contributed by atoms with Crippen molar-refractivity contribution in [3.05, 3.63) is 147 Å². The first-order chi connectivity index (χ1) is 46.9. The Bertz CT molecular complexity index is 3890. The van der Waals surface area contributed by atoms with Gasteiger partial charge >= 0.3 is 23.8 Å². The number of aromatic nitrogens is 6. The van der Waals surface area contributed by atoms with Crippen molar-refractivity contribution in [3.8, 4) is 5.75 Å². The Kier molecular flexibility index (Phi) is 23.1. The molecular formula is C75H109N9O15Si2. The van der Waals surface area contributed by atoms with Crippen LogP contribution in [0.25, 0.3) is 11.2 Å². The molecule has 3 fully saturated rings. The van der Waals surface area contributed by atoms with Crippen molar-refractivity contribution in [2.24, 2.45) is 5.92 Å². The molecule has 0 aliphatic carbocycles. The number of carbonyl (C=O) groups excluding carboxylic acids is 3. The number of esters is 1. The number of aromatic amines is 1. The van der Waals surface area contributed by atoms with Crippen molar-refractivity contribution < 1.29 is 61.1 Å². The van der Waals surface area contributed by atoms with Gasteiger partial charge in [-0.1, -0.05) is 114 Å². The van der Waals surface area contributed by atoms with Crippen LogP contribution < -0.4 is 26.6 Å². The molecule has 0 bridgehead atoms. The van der Waals surface area contributed by atoms with Crippen LogP contribution >= 0.6 is 0 Å². The molecule has 3 aromatic carbocycles. The van der Waals surface area contributed by atoms with E-state index in [0.717, 1.165) is 16.7 Å². The number of benzene rings is 3. The molecule has 0 radical (unpaired) electrons. The van der Waals surface area contributed by atoms with Crippen LogP contribution in [-0.4, -0.2) is 148 Å². The minimum atomic E-state index is -2.37. The van der Waals surface area contributed by atoms with Crippen LogP contribution in [0.1, 0.15) is 178 Å². The number of imidazole rings is 1. The zero-order valence-corrected chi connectivity index (χ0v) is 65.3. The van der Waals surface area contributed by atoms with Gasteiger partial charge in [-0.2, -0.15) is 4.90 Å². The monoisotopic (exact) mass is 1430 g/mol. The van der Waals surface area contributed by atoms with Gasteiger partial charge in [0.05, 0.1) is 32.3 Å². The lowest BCUT2D eigenvalue weighted by atomic mass is 9.77. The van der Waals surface area contributed by atoms with Crippen LogP contribution in [0, 0.1) is 5.92 Å². The Labute approximate surface area is 596 Å². The quantitative estimate of drug-likeness (QED) is 0.0220. The molecule has 552 valence electrons. The molecule has 2 unspecified atom stereocenters. The Hall–Kier alpha value is -7.15. The summed E-state index contributed by atoms with van der Waals surface area (Å²) in [6, 6.07) is 26.6. The normalized spacial score (nSPS) is 21.2. The predicted molar refractivity (Wildman–Crippen MR) is 390 cm³/mol. The predicted octanol–water partition coefficient (Wildman–Crippen LogP) is 13.7. The number of ether oxygens (including phenoxy) is 8. The molecule has 3 aromatic heterocycles. The zero-order chi connectivity index (χ0) is 74.2. The van der Waals surface area contributed by atoms with Crippen molar-refractivity contribution in [1.29, 1.82) is 0 Å². The maximum atomic E-state index is 14.7. The number of carbonyl (C=O) groups is 3. The number of nitrogens with one attached hydrogen (secondary N) is 3. The number of hydrogen-bond donors (Lipinski definition) is 3. The molecule has 101 heavy (non-hydrogen) atoms. The second-order valence-corrected chi connectivity index (χ2v) is 42.9. The molecule has 3 saturated heterocycles. The second-order valence-electron chi connectivity index (χ2n) is 33.4. The molecule has 3 N–H and O–H groups in total. The van der Waals surface area contributed by atoms with Gasteiger partial charge in [-0.25, -0.2) is 34.1 Å².